The second-order valence-corrected chi connectivity index (χ2v) is 3.60. The van der Waals surface area contributed by atoms with Crippen molar-refractivity contribution in [1.82, 2.24) is 19.9 Å². The van der Waals surface area contributed by atoms with Gasteiger partial charge in [0.05, 0.1) is 18.0 Å². The number of aromatic nitrogens is 4. The van der Waals surface area contributed by atoms with E-state index >= 15 is 0 Å². The molecule has 0 aliphatic carbocycles. The van der Waals surface area contributed by atoms with E-state index in [0.717, 1.165) is 0 Å². The average molecular weight is 237 g/mol. The van der Waals surface area contributed by atoms with E-state index in [9.17, 15) is 15.0 Å². The van der Waals surface area contributed by atoms with Crippen LogP contribution < -0.4 is 11.3 Å². The van der Waals surface area contributed by atoms with Crippen LogP contribution in [0.1, 0.15) is 18.7 Å². The number of rotatable bonds is 2. The summed E-state index contributed by atoms with van der Waals surface area (Å²) < 4.78 is 0. The second-order valence-electron chi connectivity index (χ2n) is 3.60. The number of anilines is 1. The minimum absolute atomic E-state index is 0.0311. The van der Waals surface area contributed by atoms with E-state index in [1.165, 1.54) is 13.1 Å². The maximum absolute atomic E-state index is 11.5. The third-order valence-electron chi connectivity index (χ3n) is 2.21. The van der Waals surface area contributed by atoms with Crippen LogP contribution in [0.15, 0.2) is 11.0 Å². The number of aliphatic hydroxyl groups excluding tert-OH is 2. The van der Waals surface area contributed by atoms with Crippen molar-refractivity contribution in [1.29, 1.82) is 0 Å². The summed E-state index contributed by atoms with van der Waals surface area (Å²) in [6, 6.07) is 0. The van der Waals surface area contributed by atoms with Gasteiger partial charge in [-0.05, 0) is 6.92 Å². The van der Waals surface area contributed by atoms with Gasteiger partial charge in [-0.2, -0.15) is 4.98 Å². The SMILES string of the molecule is C[C@H](O)[C@@H](O)c1cnc2nc(N)[nH]c(=O)c2n1. The maximum Gasteiger partial charge on any atom is 0.280 e. The van der Waals surface area contributed by atoms with Crippen molar-refractivity contribution >= 4 is 17.1 Å². The number of aromatic amines is 1. The van der Waals surface area contributed by atoms with Crippen LogP contribution in [0.25, 0.3) is 11.2 Å². The summed E-state index contributed by atoms with van der Waals surface area (Å²) in [7, 11) is 0. The highest BCUT2D eigenvalue weighted by Crippen LogP contribution is 2.14. The van der Waals surface area contributed by atoms with Crippen LogP contribution in [-0.4, -0.2) is 36.3 Å². The third-order valence-corrected chi connectivity index (χ3v) is 2.21. The summed E-state index contributed by atoms with van der Waals surface area (Å²) in [6.45, 7) is 1.40. The Morgan fingerprint density at radius 1 is 1.41 bits per heavy atom. The highest BCUT2D eigenvalue weighted by molar-refractivity contribution is 5.69. The molecule has 8 nitrogen and oxygen atoms in total. The third kappa shape index (κ3) is 2.08. The average Bonchev–Trinajstić information content (AvgIpc) is 2.27. The van der Waals surface area contributed by atoms with Gasteiger partial charge < -0.3 is 15.9 Å². The topological polar surface area (TPSA) is 138 Å². The zero-order chi connectivity index (χ0) is 12.6. The molecule has 0 aromatic carbocycles. The molecule has 17 heavy (non-hydrogen) atoms. The van der Waals surface area contributed by atoms with Crippen LogP contribution in [0.5, 0.6) is 0 Å². The number of nitrogens with two attached hydrogens (primary N) is 1. The van der Waals surface area contributed by atoms with E-state index in [1.807, 2.05) is 0 Å². The summed E-state index contributed by atoms with van der Waals surface area (Å²) >= 11 is 0. The van der Waals surface area contributed by atoms with E-state index in [4.69, 9.17) is 5.73 Å². The molecule has 5 N–H and O–H groups in total. The van der Waals surface area contributed by atoms with E-state index in [-0.39, 0.29) is 22.8 Å². The number of hydrogen-bond acceptors (Lipinski definition) is 7. The molecule has 0 aliphatic heterocycles. The largest absolute Gasteiger partial charge is 0.390 e. The van der Waals surface area contributed by atoms with E-state index < -0.39 is 17.8 Å². The zero-order valence-electron chi connectivity index (χ0n) is 8.95. The molecular formula is C9H11N5O3. The zero-order valence-corrected chi connectivity index (χ0v) is 8.95. The quantitative estimate of drug-likeness (QED) is 0.509. The molecule has 2 aromatic heterocycles. The van der Waals surface area contributed by atoms with Crippen molar-refractivity contribution in [2.45, 2.75) is 19.1 Å². The number of fused-ring (bicyclic) bond motifs is 1. The summed E-state index contributed by atoms with van der Waals surface area (Å²) in [4.78, 5) is 25.3. The lowest BCUT2D eigenvalue weighted by atomic mass is 10.2. The summed E-state index contributed by atoms with van der Waals surface area (Å²) in [5, 5.41) is 18.8. The van der Waals surface area contributed by atoms with E-state index in [2.05, 4.69) is 19.9 Å². The van der Waals surface area contributed by atoms with Gasteiger partial charge in [0.1, 0.15) is 6.10 Å². The van der Waals surface area contributed by atoms with E-state index in [0.29, 0.717) is 0 Å². The van der Waals surface area contributed by atoms with Gasteiger partial charge in [-0.15, -0.1) is 0 Å². The Morgan fingerprint density at radius 2 is 2.12 bits per heavy atom. The second kappa shape index (κ2) is 4.07. The van der Waals surface area contributed by atoms with Gasteiger partial charge in [0.15, 0.2) is 11.2 Å². The Hall–Kier alpha value is -2.06. The fourth-order valence-corrected chi connectivity index (χ4v) is 1.34. The predicted octanol–water partition coefficient (Wildman–Crippen LogP) is -1.29. The van der Waals surface area contributed by atoms with Crippen LogP contribution in [0.3, 0.4) is 0 Å². The molecule has 0 spiro atoms. The fraction of sp³-hybridized carbons (Fsp3) is 0.333. The van der Waals surface area contributed by atoms with E-state index in [1.54, 1.807) is 0 Å². The van der Waals surface area contributed by atoms with Crippen LogP contribution in [0.2, 0.25) is 0 Å². The van der Waals surface area contributed by atoms with Crippen LogP contribution in [0, 0.1) is 0 Å². The first-order valence-electron chi connectivity index (χ1n) is 4.87. The maximum atomic E-state index is 11.5. The molecule has 2 aromatic rings. The van der Waals surface area contributed by atoms with Gasteiger partial charge >= 0.3 is 0 Å². The highest BCUT2D eigenvalue weighted by Gasteiger charge is 2.17. The first-order chi connectivity index (χ1) is 7.99. The Kier molecular flexibility index (Phi) is 2.74. The molecule has 0 aliphatic rings. The van der Waals surface area contributed by atoms with Crippen molar-refractivity contribution < 1.29 is 10.2 Å². The van der Waals surface area contributed by atoms with Gasteiger partial charge in [0.2, 0.25) is 5.95 Å². The van der Waals surface area contributed by atoms with Crippen LogP contribution in [0.4, 0.5) is 5.95 Å². The van der Waals surface area contributed by atoms with Crippen LogP contribution >= 0.6 is 0 Å². The number of H-pyrrole nitrogens is 1. The number of aliphatic hydroxyl groups is 2. The molecule has 0 fully saturated rings. The molecule has 0 saturated heterocycles. The first kappa shape index (κ1) is 11.4. The minimum Gasteiger partial charge on any atom is -0.390 e. The first-order valence-corrected chi connectivity index (χ1v) is 4.87. The minimum atomic E-state index is -1.20. The number of hydrogen-bond donors (Lipinski definition) is 4. The van der Waals surface area contributed by atoms with Gasteiger partial charge in [-0.25, -0.2) is 9.97 Å². The number of nitrogens with zero attached hydrogens (tertiary/aromatic N) is 3. The number of nitrogen functional groups attached to an aromatic ring is 1. The lowest BCUT2D eigenvalue weighted by molar-refractivity contribution is 0.0278. The standard InChI is InChI=1S/C9H11N5O3/c1-3(15)6(16)4-2-11-7-5(12-4)8(17)14-9(10)13-7/h2-3,6,15-16H,1H3,(H3,10,11,13,14,17)/t3-,6+/m0/s1. The molecule has 8 heteroatoms. The molecular weight excluding hydrogens is 226 g/mol. The molecule has 0 radical (unpaired) electrons. The van der Waals surface area contributed by atoms with Gasteiger partial charge in [-0.3, -0.25) is 9.78 Å². The fourth-order valence-electron chi connectivity index (χ4n) is 1.34. The lowest BCUT2D eigenvalue weighted by Crippen LogP contribution is -2.18. The van der Waals surface area contributed by atoms with Crippen molar-refractivity contribution in [3.05, 3.63) is 22.2 Å². The van der Waals surface area contributed by atoms with Gasteiger partial charge in [0, 0.05) is 0 Å². The summed E-state index contributed by atoms with van der Waals surface area (Å²) in [5.74, 6) is -0.0550. The molecule has 0 unspecified atom stereocenters. The Bertz CT molecular complexity index is 609. The van der Waals surface area contributed by atoms with Crippen molar-refractivity contribution in [2.75, 3.05) is 5.73 Å². The van der Waals surface area contributed by atoms with Crippen molar-refractivity contribution in [2.24, 2.45) is 0 Å². The molecule has 0 saturated carbocycles. The Balaban J connectivity index is 2.62. The lowest BCUT2D eigenvalue weighted by Gasteiger charge is -2.12. The molecule has 0 amide bonds. The highest BCUT2D eigenvalue weighted by atomic mass is 16.3. The molecule has 0 bridgehead atoms. The normalized spacial score (nSPS) is 14.8. The molecule has 2 heterocycles. The number of nitrogens with one attached hydrogen (secondary N) is 1. The van der Waals surface area contributed by atoms with Gasteiger partial charge in [-0.1, -0.05) is 0 Å². The predicted molar refractivity (Wildman–Crippen MR) is 59.0 cm³/mol. The molecule has 90 valence electrons. The molecule has 2 rings (SSSR count). The Labute approximate surface area is 95.2 Å². The van der Waals surface area contributed by atoms with Crippen LogP contribution in [-0.2, 0) is 0 Å². The molecule has 2 atom stereocenters. The summed E-state index contributed by atoms with van der Waals surface area (Å²) in [6.07, 6.45) is -0.975. The van der Waals surface area contributed by atoms with Crippen molar-refractivity contribution in [3.63, 3.8) is 0 Å². The Morgan fingerprint density at radius 3 is 2.76 bits per heavy atom. The summed E-state index contributed by atoms with van der Waals surface area (Å²) in [5.41, 5.74) is 4.97. The van der Waals surface area contributed by atoms with Gasteiger partial charge in [0.25, 0.3) is 5.56 Å². The smallest absolute Gasteiger partial charge is 0.280 e. The monoisotopic (exact) mass is 237 g/mol. The van der Waals surface area contributed by atoms with Crippen molar-refractivity contribution in [3.8, 4) is 0 Å².